The normalized spacial score (nSPS) is 11.3. The lowest BCUT2D eigenvalue weighted by atomic mass is 10.2. The lowest BCUT2D eigenvalue weighted by Crippen LogP contribution is -1.98. The number of aromatic nitrogens is 3. The van der Waals surface area contributed by atoms with Crippen molar-refractivity contribution in [2.45, 2.75) is 18.5 Å². The van der Waals surface area contributed by atoms with Crippen molar-refractivity contribution in [1.82, 2.24) is 14.9 Å². The van der Waals surface area contributed by atoms with E-state index >= 15 is 0 Å². The van der Waals surface area contributed by atoms with Gasteiger partial charge >= 0.3 is 0 Å². The molecule has 1 aromatic carbocycles. The van der Waals surface area contributed by atoms with Crippen LogP contribution in [0.3, 0.4) is 0 Å². The molecule has 0 aliphatic carbocycles. The van der Waals surface area contributed by atoms with E-state index in [1.807, 2.05) is 37.4 Å². The summed E-state index contributed by atoms with van der Waals surface area (Å²) in [5.74, 6) is 0.851. The molecule has 0 atom stereocenters. The highest BCUT2D eigenvalue weighted by Gasteiger charge is 2.07. The van der Waals surface area contributed by atoms with Gasteiger partial charge in [-0.25, -0.2) is 0 Å². The number of rotatable bonds is 4. The highest BCUT2D eigenvalue weighted by atomic mass is 35.5. The number of hydrogen-bond donors (Lipinski definition) is 0. The third-order valence-corrected chi connectivity index (χ3v) is 3.24. The van der Waals surface area contributed by atoms with Gasteiger partial charge in [0.15, 0.2) is 5.82 Å². The summed E-state index contributed by atoms with van der Waals surface area (Å²) < 4.78 is 1.76. The van der Waals surface area contributed by atoms with E-state index in [1.165, 1.54) is 11.8 Å². The van der Waals surface area contributed by atoms with Crippen molar-refractivity contribution in [2.75, 3.05) is 6.26 Å². The number of benzene rings is 1. The number of aryl methyl sites for hydroxylation is 1. The summed E-state index contributed by atoms with van der Waals surface area (Å²) in [5.41, 5.74) is 0.988. The maximum absolute atomic E-state index is 5.83. The number of halogens is 1. The van der Waals surface area contributed by atoms with Crippen molar-refractivity contribution in [3.63, 3.8) is 0 Å². The molecule has 0 fully saturated rings. The van der Waals surface area contributed by atoms with Gasteiger partial charge in [-0.05, 0) is 24.0 Å². The summed E-state index contributed by atoms with van der Waals surface area (Å²) in [5, 5.41) is 14.1. The Kier molecular flexibility index (Phi) is 4.38. The van der Waals surface area contributed by atoms with Crippen molar-refractivity contribution >= 4 is 29.6 Å². The topological polar surface area (TPSA) is 43.1 Å². The van der Waals surface area contributed by atoms with E-state index in [0.717, 1.165) is 28.0 Å². The van der Waals surface area contributed by atoms with Crippen molar-refractivity contribution in [2.24, 2.45) is 5.10 Å². The molecule has 0 spiro atoms. The van der Waals surface area contributed by atoms with Crippen LogP contribution in [0.15, 0.2) is 34.5 Å². The van der Waals surface area contributed by atoms with Crippen LogP contribution < -0.4 is 0 Å². The molecule has 0 saturated carbocycles. The Bertz CT molecular complexity index is 526. The maximum atomic E-state index is 5.83. The Labute approximate surface area is 115 Å². The van der Waals surface area contributed by atoms with E-state index in [4.69, 9.17) is 11.6 Å². The highest BCUT2D eigenvalue weighted by molar-refractivity contribution is 7.98. The summed E-state index contributed by atoms with van der Waals surface area (Å²) in [6.07, 6.45) is 4.53. The minimum Gasteiger partial charge on any atom is -0.192 e. The Balaban J connectivity index is 2.27. The molecule has 4 nitrogen and oxygen atoms in total. The van der Waals surface area contributed by atoms with E-state index < -0.39 is 0 Å². The molecule has 94 valence electrons. The van der Waals surface area contributed by atoms with Gasteiger partial charge < -0.3 is 0 Å². The summed E-state index contributed by atoms with van der Waals surface area (Å²) >= 11 is 7.36. The van der Waals surface area contributed by atoms with E-state index in [0.29, 0.717) is 0 Å². The summed E-state index contributed by atoms with van der Waals surface area (Å²) in [4.78, 5) is 0. The fraction of sp³-hybridized carbons (Fsp3) is 0.250. The average molecular weight is 281 g/mol. The van der Waals surface area contributed by atoms with Crippen LogP contribution in [-0.4, -0.2) is 27.3 Å². The second kappa shape index (κ2) is 6.02. The van der Waals surface area contributed by atoms with Gasteiger partial charge in [-0.3, -0.25) is 0 Å². The largest absolute Gasteiger partial charge is 0.211 e. The van der Waals surface area contributed by atoms with Crippen LogP contribution in [0.25, 0.3) is 0 Å². The third-order valence-electron chi connectivity index (χ3n) is 2.37. The SMILES string of the molecule is CCc1nnc(SC)n1/N=C\c1ccc(Cl)cc1. The van der Waals surface area contributed by atoms with Gasteiger partial charge in [-0.2, -0.15) is 9.78 Å². The maximum Gasteiger partial charge on any atom is 0.211 e. The van der Waals surface area contributed by atoms with Gasteiger partial charge in [0.1, 0.15) is 0 Å². The van der Waals surface area contributed by atoms with Gasteiger partial charge in [0.2, 0.25) is 5.16 Å². The Hall–Kier alpha value is -1.33. The first-order valence-electron chi connectivity index (χ1n) is 5.52. The summed E-state index contributed by atoms with van der Waals surface area (Å²) in [6.45, 7) is 2.03. The third kappa shape index (κ3) is 2.91. The van der Waals surface area contributed by atoms with E-state index in [-0.39, 0.29) is 0 Å². The highest BCUT2D eigenvalue weighted by Crippen LogP contribution is 2.14. The summed E-state index contributed by atoms with van der Waals surface area (Å²) in [6, 6.07) is 7.51. The molecule has 0 N–H and O–H groups in total. The second-order valence-corrected chi connectivity index (χ2v) is 4.77. The molecule has 0 aliphatic heterocycles. The first kappa shape index (κ1) is 13.1. The van der Waals surface area contributed by atoms with Crippen LogP contribution in [0.4, 0.5) is 0 Å². The Morgan fingerprint density at radius 2 is 2.06 bits per heavy atom. The van der Waals surface area contributed by atoms with Crippen molar-refractivity contribution < 1.29 is 0 Å². The molecule has 0 radical (unpaired) electrons. The number of hydrogen-bond acceptors (Lipinski definition) is 4. The molecule has 0 amide bonds. The zero-order valence-electron chi connectivity index (χ0n) is 10.2. The standard InChI is InChI=1S/C12H13ClN4S/c1-3-11-15-16-12(18-2)17(11)14-8-9-4-6-10(13)7-5-9/h4-8H,3H2,1-2H3/b14-8-. The van der Waals surface area contributed by atoms with Crippen LogP contribution in [0.1, 0.15) is 18.3 Å². The molecule has 6 heteroatoms. The Morgan fingerprint density at radius 3 is 2.67 bits per heavy atom. The van der Waals surface area contributed by atoms with E-state index in [9.17, 15) is 0 Å². The van der Waals surface area contributed by atoms with Gasteiger partial charge in [0.25, 0.3) is 0 Å². The molecule has 0 saturated heterocycles. The molecule has 18 heavy (non-hydrogen) atoms. The van der Waals surface area contributed by atoms with Gasteiger partial charge in [-0.1, -0.05) is 42.4 Å². The van der Waals surface area contributed by atoms with Crippen LogP contribution >= 0.6 is 23.4 Å². The lowest BCUT2D eigenvalue weighted by Gasteiger charge is -2.00. The minimum absolute atomic E-state index is 0.718. The van der Waals surface area contributed by atoms with Crippen LogP contribution in [0.5, 0.6) is 0 Å². The monoisotopic (exact) mass is 280 g/mol. The zero-order valence-corrected chi connectivity index (χ0v) is 11.7. The predicted octanol–water partition coefficient (Wildman–Crippen LogP) is 3.10. The molecular weight excluding hydrogens is 268 g/mol. The molecule has 0 unspecified atom stereocenters. The molecule has 2 rings (SSSR count). The first-order valence-corrected chi connectivity index (χ1v) is 7.13. The van der Waals surface area contributed by atoms with Crippen molar-refractivity contribution in [1.29, 1.82) is 0 Å². The zero-order chi connectivity index (χ0) is 13.0. The minimum atomic E-state index is 0.718. The van der Waals surface area contributed by atoms with Crippen LogP contribution in [0, 0.1) is 0 Å². The Morgan fingerprint density at radius 1 is 1.33 bits per heavy atom. The van der Waals surface area contributed by atoms with Crippen molar-refractivity contribution in [3.05, 3.63) is 40.7 Å². The fourth-order valence-corrected chi connectivity index (χ4v) is 2.01. The smallest absolute Gasteiger partial charge is 0.192 e. The molecule has 1 aromatic heterocycles. The van der Waals surface area contributed by atoms with Gasteiger partial charge in [-0.15, -0.1) is 10.2 Å². The van der Waals surface area contributed by atoms with Gasteiger partial charge in [0, 0.05) is 11.4 Å². The van der Waals surface area contributed by atoms with E-state index in [2.05, 4.69) is 15.3 Å². The van der Waals surface area contributed by atoms with Crippen LogP contribution in [0.2, 0.25) is 5.02 Å². The molecular formula is C12H13ClN4S. The molecule has 2 aromatic rings. The van der Waals surface area contributed by atoms with Gasteiger partial charge in [0.05, 0.1) is 6.21 Å². The fourth-order valence-electron chi connectivity index (χ4n) is 1.43. The second-order valence-electron chi connectivity index (χ2n) is 3.56. The summed E-state index contributed by atoms with van der Waals surface area (Å²) in [7, 11) is 0. The quantitative estimate of drug-likeness (QED) is 0.638. The first-order chi connectivity index (χ1) is 8.74. The predicted molar refractivity (Wildman–Crippen MR) is 75.6 cm³/mol. The van der Waals surface area contributed by atoms with E-state index in [1.54, 1.807) is 10.9 Å². The molecule has 0 aliphatic rings. The van der Waals surface area contributed by atoms with Crippen molar-refractivity contribution in [3.8, 4) is 0 Å². The number of thioether (sulfide) groups is 1. The molecule has 0 bridgehead atoms. The average Bonchev–Trinajstić information content (AvgIpc) is 2.80. The molecule has 1 heterocycles. The lowest BCUT2D eigenvalue weighted by molar-refractivity contribution is 0.723. The van der Waals surface area contributed by atoms with Crippen LogP contribution in [-0.2, 0) is 6.42 Å². The number of nitrogens with zero attached hydrogens (tertiary/aromatic N) is 4.